The summed E-state index contributed by atoms with van der Waals surface area (Å²) in [5, 5.41) is 3.89. The van der Waals surface area contributed by atoms with E-state index in [1.54, 1.807) is 0 Å². The van der Waals surface area contributed by atoms with Gasteiger partial charge >= 0.3 is 0 Å². The minimum atomic E-state index is 0.0324. The van der Waals surface area contributed by atoms with E-state index < -0.39 is 0 Å². The summed E-state index contributed by atoms with van der Waals surface area (Å²) in [6.45, 7) is 2.75. The summed E-state index contributed by atoms with van der Waals surface area (Å²) >= 11 is 3.53. The molecule has 0 spiro atoms. The van der Waals surface area contributed by atoms with E-state index in [2.05, 4.69) is 38.4 Å². The summed E-state index contributed by atoms with van der Waals surface area (Å²) in [6, 6.07) is 4.11. The van der Waals surface area contributed by atoms with Crippen molar-refractivity contribution >= 4 is 32.7 Å². The van der Waals surface area contributed by atoms with Gasteiger partial charge in [0.2, 0.25) is 0 Å². The number of benzene rings is 1. The van der Waals surface area contributed by atoms with Crippen LogP contribution in [0, 0.1) is 6.92 Å². The zero-order chi connectivity index (χ0) is 11.3. The van der Waals surface area contributed by atoms with E-state index in [0.717, 1.165) is 45.2 Å². The molecule has 3 rings (SSSR count). The first-order valence-corrected chi connectivity index (χ1v) is 6.05. The molecule has 0 aliphatic carbocycles. The van der Waals surface area contributed by atoms with Crippen molar-refractivity contribution in [3.05, 3.63) is 33.4 Å². The first kappa shape index (κ1) is 9.90. The number of carbonyl (C=O) groups excluding carboxylic acids is 1. The predicted octanol–water partition coefficient (Wildman–Crippen LogP) is 2.52. The minimum absolute atomic E-state index is 0.0324. The van der Waals surface area contributed by atoms with Crippen LogP contribution in [-0.2, 0) is 6.42 Å². The Morgan fingerprint density at radius 2 is 2.19 bits per heavy atom. The molecule has 0 radical (unpaired) electrons. The van der Waals surface area contributed by atoms with E-state index in [1.807, 2.05) is 6.92 Å². The number of hydrogen-bond acceptors (Lipinski definition) is 1. The number of aryl methyl sites for hydroxylation is 1. The number of hydrogen-bond donors (Lipinski definition) is 2. The van der Waals surface area contributed by atoms with Gasteiger partial charge in [0.25, 0.3) is 5.91 Å². The minimum Gasteiger partial charge on any atom is -0.357 e. The molecule has 0 unspecified atom stereocenters. The molecule has 1 amide bonds. The third-order valence-corrected chi connectivity index (χ3v) is 3.59. The number of fused-ring (bicyclic) bond motifs is 3. The summed E-state index contributed by atoms with van der Waals surface area (Å²) in [4.78, 5) is 15.2. The number of aromatic amines is 1. The van der Waals surface area contributed by atoms with Crippen LogP contribution in [0.25, 0.3) is 10.9 Å². The Kier molecular flexibility index (Phi) is 2.07. The normalized spacial score (nSPS) is 15.0. The summed E-state index contributed by atoms with van der Waals surface area (Å²) in [5.41, 5.74) is 4.03. The third-order valence-electron chi connectivity index (χ3n) is 2.97. The zero-order valence-corrected chi connectivity index (χ0v) is 10.4. The Morgan fingerprint density at radius 1 is 1.38 bits per heavy atom. The number of halogens is 1. The van der Waals surface area contributed by atoms with Crippen molar-refractivity contribution in [3.63, 3.8) is 0 Å². The number of nitrogens with one attached hydrogen (secondary N) is 2. The monoisotopic (exact) mass is 278 g/mol. The van der Waals surface area contributed by atoms with Crippen LogP contribution in [-0.4, -0.2) is 17.4 Å². The molecule has 1 aromatic heterocycles. The molecule has 0 bridgehead atoms. The highest BCUT2D eigenvalue weighted by atomic mass is 79.9. The highest BCUT2D eigenvalue weighted by molar-refractivity contribution is 9.10. The van der Waals surface area contributed by atoms with E-state index in [1.165, 1.54) is 0 Å². The average Bonchev–Trinajstić information content (AvgIpc) is 2.58. The van der Waals surface area contributed by atoms with Gasteiger partial charge < -0.3 is 10.3 Å². The third kappa shape index (κ3) is 1.29. The Bertz CT molecular complexity index is 601. The van der Waals surface area contributed by atoms with Gasteiger partial charge in [0, 0.05) is 28.5 Å². The van der Waals surface area contributed by atoms with Gasteiger partial charge in [-0.15, -0.1) is 0 Å². The molecule has 1 aliphatic rings. The van der Waals surface area contributed by atoms with Gasteiger partial charge in [-0.2, -0.15) is 0 Å². The van der Waals surface area contributed by atoms with E-state index in [-0.39, 0.29) is 5.91 Å². The van der Waals surface area contributed by atoms with Crippen LogP contribution in [0.15, 0.2) is 16.6 Å². The van der Waals surface area contributed by atoms with Crippen molar-refractivity contribution in [2.75, 3.05) is 6.54 Å². The molecule has 4 heteroatoms. The molecule has 0 saturated heterocycles. The van der Waals surface area contributed by atoms with Crippen LogP contribution in [0.5, 0.6) is 0 Å². The number of H-pyrrole nitrogens is 1. The fraction of sp³-hybridized carbons (Fsp3) is 0.250. The van der Waals surface area contributed by atoms with Gasteiger partial charge in [0.15, 0.2) is 0 Å². The number of carbonyl (C=O) groups is 1. The second-order valence-electron chi connectivity index (χ2n) is 4.15. The van der Waals surface area contributed by atoms with Crippen molar-refractivity contribution in [2.24, 2.45) is 0 Å². The first-order valence-electron chi connectivity index (χ1n) is 5.25. The summed E-state index contributed by atoms with van der Waals surface area (Å²) in [6.07, 6.45) is 0.876. The van der Waals surface area contributed by atoms with E-state index in [0.29, 0.717) is 0 Å². The lowest BCUT2D eigenvalue weighted by molar-refractivity contribution is 0.0947. The van der Waals surface area contributed by atoms with Crippen molar-refractivity contribution in [2.45, 2.75) is 13.3 Å². The molecule has 0 saturated carbocycles. The standard InChI is InChI=1S/C12H11BrN2O/c1-6-4-7-10-9(2-3-14-12(10)16)15-11(7)8(13)5-6/h4-5,15H,2-3H2,1H3,(H,14,16). The van der Waals surface area contributed by atoms with Crippen LogP contribution in [0.2, 0.25) is 0 Å². The van der Waals surface area contributed by atoms with Crippen LogP contribution >= 0.6 is 15.9 Å². The van der Waals surface area contributed by atoms with Gasteiger partial charge in [0.1, 0.15) is 0 Å². The Morgan fingerprint density at radius 3 is 3.00 bits per heavy atom. The fourth-order valence-electron chi connectivity index (χ4n) is 2.28. The van der Waals surface area contributed by atoms with Crippen LogP contribution < -0.4 is 5.32 Å². The molecule has 3 nitrogen and oxygen atoms in total. The number of amides is 1. The van der Waals surface area contributed by atoms with Gasteiger partial charge in [-0.05, 0) is 40.5 Å². The Labute approximate surface area is 101 Å². The first-order chi connectivity index (χ1) is 7.66. The lowest BCUT2D eigenvalue weighted by Gasteiger charge is -2.12. The molecule has 16 heavy (non-hydrogen) atoms. The van der Waals surface area contributed by atoms with Crippen LogP contribution in [0.3, 0.4) is 0 Å². The zero-order valence-electron chi connectivity index (χ0n) is 8.86. The largest absolute Gasteiger partial charge is 0.357 e. The van der Waals surface area contributed by atoms with E-state index in [9.17, 15) is 4.79 Å². The molecule has 2 aromatic rings. The smallest absolute Gasteiger partial charge is 0.253 e. The van der Waals surface area contributed by atoms with E-state index >= 15 is 0 Å². The number of aromatic nitrogens is 1. The maximum atomic E-state index is 11.8. The van der Waals surface area contributed by atoms with Gasteiger partial charge in [0.05, 0.1) is 11.1 Å². The maximum Gasteiger partial charge on any atom is 0.253 e. The maximum absolute atomic E-state index is 11.8. The summed E-state index contributed by atoms with van der Waals surface area (Å²) in [7, 11) is 0. The van der Waals surface area contributed by atoms with Gasteiger partial charge in [-0.25, -0.2) is 0 Å². The predicted molar refractivity (Wildman–Crippen MR) is 66.8 cm³/mol. The van der Waals surface area contributed by atoms with Crippen LogP contribution in [0.1, 0.15) is 21.6 Å². The lowest BCUT2D eigenvalue weighted by Crippen LogP contribution is -2.31. The molecule has 2 heterocycles. The van der Waals surface area contributed by atoms with E-state index in [4.69, 9.17) is 0 Å². The molecule has 0 atom stereocenters. The second-order valence-corrected chi connectivity index (χ2v) is 5.01. The molecular formula is C12H11BrN2O. The average molecular weight is 279 g/mol. The van der Waals surface area contributed by atoms with Crippen molar-refractivity contribution in [1.29, 1.82) is 0 Å². The molecule has 1 aromatic carbocycles. The topological polar surface area (TPSA) is 44.9 Å². The number of rotatable bonds is 0. The quantitative estimate of drug-likeness (QED) is 0.764. The summed E-state index contributed by atoms with van der Waals surface area (Å²) < 4.78 is 1.02. The molecule has 82 valence electrons. The molecule has 2 N–H and O–H groups in total. The van der Waals surface area contributed by atoms with Crippen molar-refractivity contribution in [1.82, 2.24) is 10.3 Å². The Hall–Kier alpha value is -1.29. The van der Waals surface area contributed by atoms with Gasteiger partial charge in [-0.3, -0.25) is 4.79 Å². The lowest BCUT2D eigenvalue weighted by atomic mass is 10.0. The highest BCUT2D eigenvalue weighted by Gasteiger charge is 2.22. The highest BCUT2D eigenvalue weighted by Crippen LogP contribution is 2.31. The van der Waals surface area contributed by atoms with Crippen molar-refractivity contribution in [3.8, 4) is 0 Å². The SMILES string of the molecule is Cc1cc(Br)c2[nH]c3c(c2c1)C(=O)NCC3. The van der Waals surface area contributed by atoms with Crippen molar-refractivity contribution < 1.29 is 4.79 Å². The van der Waals surface area contributed by atoms with Crippen LogP contribution in [0.4, 0.5) is 0 Å². The fourth-order valence-corrected chi connectivity index (χ4v) is 2.95. The summed E-state index contributed by atoms with van der Waals surface area (Å²) in [5.74, 6) is 0.0324. The van der Waals surface area contributed by atoms with Gasteiger partial charge in [-0.1, -0.05) is 0 Å². The molecular weight excluding hydrogens is 268 g/mol. The molecule has 0 fully saturated rings. The molecule has 1 aliphatic heterocycles. The Balaban J connectivity index is 2.42. The second kappa shape index (κ2) is 3.35.